The second-order valence-corrected chi connectivity index (χ2v) is 4.26. The molecular formula is C12H20N2O3. The van der Waals surface area contributed by atoms with Gasteiger partial charge in [-0.25, -0.2) is 0 Å². The Bertz CT molecular complexity index is 318. The molecule has 0 bridgehead atoms. The fourth-order valence-electron chi connectivity index (χ4n) is 1.94. The van der Waals surface area contributed by atoms with Crippen molar-refractivity contribution in [3.63, 3.8) is 0 Å². The predicted octanol–water partition coefficient (Wildman–Crippen LogP) is 0.572. The topological polar surface area (TPSA) is 60.9 Å². The second-order valence-electron chi connectivity index (χ2n) is 4.26. The van der Waals surface area contributed by atoms with Crippen molar-refractivity contribution in [3.05, 3.63) is 11.6 Å². The molecule has 0 aromatic rings. The Balaban J connectivity index is 2.44. The Morgan fingerprint density at radius 3 is 2.29 bits per heavy atom. The molecule has 0 aromatic heterocycles. The van der Waals surface area contributed by atoms with Crippen LogP contribution in [0, 0.1) is 0 Å². The third kappa shape index (κ3) is 4.19. The van der Waals surface area contributed by atoms with Crippen LogP contribution in [0.5, 0.6) is 0 Å². The average Bonchev–Trinajstić information content (AvgIpc) is 2.28. The van der Waals surface area contributed by atoms with Crippen molar-refractivity contribution in [1.29, 1.82) is 0 Å². The monoisotopic (exact) mass is 240 g/mol. The number of allylic oxidation sites excluding steroid dienone is 1. The number of piperazine rings is 1. The summed E-state index contributed by atoms with van der Waals surface area (Å²) in [6, 6.07) is 0. The van der Waals surface area contributed by atoms with Crippen molar-refractivity contribution in [2.75, 3.05) is 32.7 Å². The molecule has 1 heterocycles. The molecule has 0 radical (unpaired) electrons. The summed E-state index contributed by atoms with van der Waals surface area (Å²) in [5.41, 5.74) is 0.777. The minimum atomic E-state index is -0.813. The third-order valence-corrected chi connectivity index (χ3v) is 2.87. The third-order valence-electron chi connectivity index (χ3n) is 2.87. The number of hydrogen-bond donors (Lipinski definition) is 1. The molecule has 96 valence electrons. The number of rotatable bonds is 4. The summed E-state index contributed by atoms with van der Waals surface area (Å²) in [6.45, 7) is 6.39. The first-order valence-corrected chi connectivity index (χ1v) is 5.94. The lowest BCUT2D eigenvalue weighted by Crippen LogP contribution is -2.50. The molecule has 0 aromatic carbocycles. The smallest absolute Gasteiger partial charge is 0.317 e. The van der Waals surface area contributed by atoms with E-state index < -0.39 is 5.97 Å². The van der Waals surface area contributed by atoms with Gasteiger partial charge in [0.15, 0.2) is 0 Å². The molecule has 1 fully saturated rings. The summed E-state index contributed by atoms with van der Waals surface area (Å²) >= 11 is 0. The first-order valence-electron chi connectivity index (χ1n) is 5.94. The van der Waals surface area contributed by atoms with Gasteiger partial charge in [0.25, 0.3) is 0 Å². The van der Waals surface area contributed by atoms with E-state index in [1.165, 1.54) is 0 Å². The largest absolute Gasteiger partial charge is 0.480 e. The first-order chi connectivity index (χ1) is 8.04. The van der Waals surface area contributed by atoms with E-state index in [0.717, 1.165) is 12.0 Å². The second kappa shape index (κ2) is 6.39. The zero-order valence-electron chi connectivity index (χ0n) is 10.5. The van der Waals surface area contributed by atoms with Gasteiger partial charge in [-0.15, -0.1) is 0 Å². The molecular weight excluding hydrogens is 220 g/mol. The summed E-state index contributed by atoms with van der Waals surface area (Å²) in [4.78, 5) is 26.1. The Labute approximate surface area is 102 Å². The number of nitrogens with zero attached hydrogens (tertiary/aromatic N) is 2. The number of hydrogen-bond acceptors (Lipinski definition) is 3. The quantitative estimate of drug-likeness (QED) is 0.730. The number of aliphatic carboxylic acids is 1. The molecule has 1 aliphatic rings. The van der Waals surface area contributed by atoms with Crippen LogP contribution in [-0.2, 0) is 9.59 Å². The van der Waals surface area contributed by atoms with Crippen LogP contribution in [0.25, 0.3) is 0 Å². The van der Waals surface area contributed by atoms with Crippen LogP contribution in [-0.4, -0.2) is 59.5 Å². The van der Waals surface area contributed by atoms with Gasteiger partial charge >= 0.3 is 5.97 Å². The summed E-state index contributed by atoms with van der Waals surface area (Å²) in [7, 11) is 0. The van der Waals surface area contributed by atoms with E-state index in [1.807, 2.05) is 24.8 Å². The lowest BCUT2D eigenvalue weighted by molar-refractivity contribution is -0.139. The molecule has 17 heavy (non-hydrogen) atoms. The normalized spacial score (nSPS) is 18.2. The van der Waals surface area contributed by atoms with Gasteiger partial charge in [-0.2, -0.15) is 0 Å². The van der Waals surface area contributed by atoms with Crippen LogP contribution in [0.1, 0.15) is 20.3 Å². The molecule has 0 aliphatic carbocycles. The molecule has 1 rings (SSSR count). The van der Waals surface area contributed by atoms with Gasteiger partial charge in [0.1, 0.15) is 0 Å². The predicted molar refractivity (Wildman–Crippen MR) is 64.7 cm³/mol. The molecule has 0 spiro atoms. The molecule has 1 saturated heterocycles. The molecule has 5 nitrogen and oxygen atoms in total. The van der Waals surface area contributed by atoms with E-state index >= 15 is 0 Å². The van der Waals surface area contributed by atoms with Crippen molar-refractivity contribution in [3.8, 4) is 0 Å². The Kier molecular flexibility index (Phi) is 5.15. The molecule has 5 heteroatoms. The van der Waals surface area contributed by atoms with Crippen LogP contribution in [0.3, 0.4) is 0 Å². The van der Waals surface area contributed by atoms with E-state index in [4.69, 9.17) is 5.11 Å². The van der Waals surface area contributed by atoms with Gasteiger partial charge in [-0.3, -0.25) is 14.5 Å². The van der Waals surface area contributed by atoms with Crippen molar-refractivity contribution >= 4 is 11.9 Å². The van der Waals surface area contributed by atoms with Crippen LogP contribution in [0.4, 0.5) is 0 Å². The van der Waals surface area contributed by atoms with E-state index in [1.54, 1.807) is 4.90 Å². The van der Waals surface area contributed by atoms with Gasteiger partial charge in [-0.1, -0.05) is 13.0 Å². The van der Waals surface area contributed by atoms with Crippen molar-refractivity contribution < 1.29 is 14.7 Å². The Hall–Kier alpha value is -1.36. The van der Waals surface area contributed by atoms with Gasteiger partial charge in [-0.05, 0) is 13.3 Å². The highest BCUT2D eigenvalue weighted by Gasteiger charge is 2.22. The fourth-order valence-corrected chi connectivity index (χ4v) is 1.94. The van der Waals surface area contributed by atoms with E-state index in [-0.39, 0.29) is 12.5 Å². The number of carbonyl (C=O) groups excluding carboxylic acids is 1. The highest BCUT2D eigenvalue weighted by Crippen LogP contribution is 2.07. The standard InChI is InChI=1S/C12H20N2O3/c1-3-4-10(2)12(17)14-7-5-13(6-8-14)9-11(15)16/h4H,3,5-9H2,1-2H3,(H,15,16)/b10-4+. The van der Waals surface area contributed by atoms with Crippen molar-refractivity contribution in [1.82, 2.24) is 9.80 Å². The Morgan fingerprint density at radius 2 is 1.82 bits per heavy atom. The lowest BCUT2D eigenvalue weighted by Gasteiger charge is -2.34. The zero-order chi connectivity index (χ0) is 12.8. The minimum absolute atomic E-state index is 0.0613. The summed E-state index contributed by atoms with van der Waals surface area (Å²) in [5.74, 6) is -0.742. The minimum Gasteiger partial charge on any atom is -0.480 e. The van der Waals surface area contributed by atoms with Crippen LogP contribution in [0.2, 0.25) is 0 Å². The van der Waals surface area contributed by atoms with Gasteiger partial charge in [0.2, 0.25) is 5.91 Å². The van der Waals surface area contributed by atoms with Crippen molar-refractivity contribution in [2.24, 2.45) is 0 Å². The summed E-state index contributed by atoms with van der Waals surface area (Å²) in [6.07, 6.45) is 2.78. The van der Waals surface area contributed by atoms with Crippen LogP contribution >= 0.6 is 0 Å². The van der Waals surface area contributed by atoms with E-state index in [9.17, 15) is 9.59 Å². The average molecular weight is 240 g/mol. The molecule has 1 aliphatic heterocycles. The highest BCUT2D eigenvalue weighted by molar-refractivity contribution is 5.92. The van der Waals surface area contributed by atoms with Crippen LogP contribution in [0.15, 0.2) is 11.6 Å². The number of carboxylic acid groups (broad SMARTS) is 1. The maximum Gasteiger partial charge on any atom is 0.317 e. The molecule has 0 saturated carbocycles. The molecule has 0 atom stereocenters. The first kappa shape index (κ1) is 13.7. The number of carboxylic acids is 1. The molecule has 1 N–H and O–H groups in total. The van der Waals surface area contributed by atoms with Crippen LogP contribution < -0.4 is 0 Å². The fraction of sp³-hybridized carbons (Fsp3) is 0.667. The Morgan fingerprint density at radius 1 is 1.24 bits per heavy atom. The summed E-state index contributed by atoms with van der Waals surface area (Å²) < 4.78 is 0. The van der Waals surface area contributed by atoms with Gasteiger partial charge < -0.3 is 10.0 Å². The maximum atomic E-state index is 11.9. The number of amides is 1. The lowest BCUT2D eigenvalue weighted by atomic mass is 10.2. The van der Waals surface area contributed by atoms with Gasteiger partial charge in [0, 0.05) is 31.8 Å². The maximum absolute atomic E-state index is 11.9. The summed E-state index contributed by atoms with van der Waals surface area (Å²) in [5, 5.41) is 8.67. The molecule has 0 unspecified atom stereocenters. The van der Waals surface area contributed by atoms with Gasteiger partial charge in [0.05, 0.1) is 6.54 Å². The van der Waals surface area contributed by atoms with E-state index in [0.29, 0.717) is 26.2 Å². The van der Waals surface area contributed by atoms with Crippen molar-refractivity contribution in [2.45, 2.75) is 20.3 Å². The number of carbonyl (C=O) groups is 2. The van der Waals surface area contributed by atoms with E-state index in [2.05, 4.69) is 0 Å². The SMILES string of the molecule is CC/C=C(\C)C(=O)N1CCN(CC(=O)O)CC1. The zero-order valence-corrected chi connectivity index (χ0v) is 10.5. The highest BCUT2D eigenvalue weighted by atomic mass is 16.4. The molecule has 1 amide bonds.